The molecule has 0 fully saturated rings. The van der Waals surface area contributed by atoms with Crippen LogP contribution < -0.4 is 0 Å². The van der Waals surface area contributed by atoms with Crippen molar-refractivity contribution in [2.45, 2.75) is 0 Å². The third kappa shape index (κ3) is 2.85. The molecule has 4 heteroatoms. The molecule has 0 atom stereocenters. The Kier molecular flexibility index (Phi) is 1.71. The fraction of sp³-hybridized carbons (Fsp3) is 0. The molecule has 0 aliphatic rings. The first-order valence-corrected chi connectivity index (χ1v) is 1.07. The third-order valence-corrected chi connectivity index (χ3v) is 0.134. The standard InChI is InChI=1S/C2O4/c3-1-6-2(4)5/p+2. The average molecular weight is 90.0 g/mol. The Labute approximate surface area is 32.7 Å². The summed E-state index contributed by atoms with van der Waals surface area (Å²) in [4.78, 5) is 18.2. The van der Waals surface area contributed by atoms with Gasteiger partial charge < -0.3 is 5.11 Å². The van der Waals surface area contributed by atoms with Gasteiger partial charge in [-0.05, 0) is 0 Å². The van der Waals surface area contributed by atoms with Gasteiger partial charge in [0.15, 0.2) is 0 Å². The molecule has 32 valence electrons. The van der Waals surface area contributed by atoms with E-state index in [4.69, 9.17) is 9.90 Å². The van der Waals surface area contributed by atoms with Gasteiger partial charge in [-0.15, -0.1) is 0 Å². The molecule has 0 aliphatic heterocycles. The van der Waals surface area contributed by atoms with Crippen LogP contribution in [0.5, 0.6) is 0 Å². The lowest BCUT2D eigenvalue weighted by molar-refractivity contribution is -0.378. The van der Waals surface area contributed by atoms with E-state index in [-0.39, 0.29) is 0 Å². The Bertz CT molecular complexity index is 98.1. The highest BCUT2D eigenvalue weighted by Crippen LogP contribution is 1.52. The van der Waals surface area contributed by atoms with Crippen LogP contribution >= 0.6 is 0 Å². The average Bonchev–Trinajstić information content (AvgIpc) is 1.35. The summed E-state index contributed by atoms with van der Waals surface area (Å²) in [6.45, 7) is 0. The molecule has 0 aromatic carbocycles. The number of rotatable bonds is 0. The van der Waals surface area contributed by atoms with Crippen molar-refractivity contribution in [2.24, 2.45) is 0 Å². The quantitative estimate of drug-likeness (QED) is 0.350. The van der Waals surface area contributed by atoms with Crippen molar-refractivity contribution in [3.8, 4) is 0 Å². The van der Waals surface area contributed by atoms with Gasteiger partial charge in [0.05, 0.1) is 0 Å². The number of hydrogen-bond donors (Lipinski definition) is 0. The van der Waals surface area contributed by atoms with Gasteiger partial charge in [-0.2, -0.15) is 0 Å². The molecular formula is C2H2O4+2. The van der Waals surface area contributed by atoms with Gasteiger partial charge >= 0.3 is 12.3 Å². The van der Waals surface area contributed by atoms with E-state index in [1.807, 2.05) is 0 Å². The maximum absolute atomic E-state index is 9.23. The predicted molar refractivity (Wildman–Crippen MR) is 14.0 cm³/mol. The molecule has 0 radical (unpaired) electrons. The van der Waals surface area contributed by atoms with Gasteiger partial charge in [0, 0.05) is 0 Å². The van der Waals surface area contributed by atoms with Crippen molar-refractivity contribution >= 4 is 12.3 Å². The monoisotopic (exact) mass is 90.0 g/mol. The normalized spacial score (nSPS) is 6.00. The maximum atomic E-state index is 9.23. The molecule has 0 bridgehead atoms. The van der Waals surface area contributed by atoms with E-state index < -0.39 is 6.16 Å². The molecule has 0 saturated carbocycles. The van der Waals surface area contributed by atoms with Gasteiger partial charge in [-0.25, -0.2) is 0 Å². The summed E-state index contributed by atoms with van der Waals surface area (Å²) in [6, 6.07) is 0. The molecule has 6 heavy (non-hydrogen) atoms. The zero-order valence-electron chi connectivity index (χ0n) is 2.72. The molecule has 0 unspecified atom stereocenters. The molecule has 4 nitrogen and oxygen atoms in total. The van der Waals surface area contributed by atoms with Gasteiger partial charge in [-0.1, -0.05) is 4.42 Å². The Balaban J connectivity index is 3.60. The molecule has 0 saturated heterocycles. The van der Waals surface area contributed by atoms with Crippen LogP contribution in [0.3, 0.4) is 0 Å². The minimum Gasteiger partial charge on any atom is -0.507 e. The van der Waals surface area contributed by atoms with Crippen LogP contribution in [0, 0.1) is 0 Å². The van der Waals surface area contributed by atoms with Crippen molar-refractivity contribution in [1.29, 1.82) is 0 Å². The Morgan fingerprint density at radius 3 is 2.33 bits per heavy atom. The molecule has 0 heterocycles. The second-order valence-electron chi connectivity index (χ2n) is 0.473. The van der Waals surface area contributed by atoms with Crippen LogP contribution in [0.15, 0.2) is 0 Å². The summed E-state index contributed by atoms with van der Waals surface area (Å²) in [5, 5.41) is 5.85. The van der Waals surface area contributed by atoms with E-state index in [1.54, 1.807) is 0 Å². The van der Waals surface area contributed by atoms with Gasteiger partial charge in [-0.3, -0.25) is 0 Å². The number of hydrogen-bond acceptors (Lipinski definition) is 2. The third-order valence-electron chi connectivity index (χ3n) is 0.134. The van der Waals surface area contributed by atoms with E-state index in [1.165, 1.54) is 0 Å². The molecule has 2 N–H and O–H groups in total. The second kappa shape index (κ2) is 2.11. The second-order valence-corrected chi connectivity index (χ2v) is 0.473. The van der Waals surface area contributed by atoms with Crippen LogP contribution in [0.25, 0.3) is 0 Å². The molecule has 0 aromatic heterocycles. The number of carbonyl (C=O) groups is 1. The highest BCUT2D eigenvalue weighted by molar-refractivity contribution is 5.54. The van der Waals surface area contributed by atoms with E-state index >= 15 is 0 Å². The zero-order valence-corrected chi connectivity index (χ0v) is 2.72. The van der Waals surface area contributed by atoms with Crippen molar-refractivity contribution < 1.29 is 19.1 Å². The summed E-state index contributed by atoms with van der Waals surface area (Å²) >= 11 is 0. The van der Waals surface area contributed by atoms with E-state index in [0.717, 1.165) is 6.15 Å². The first-order valence-electron chi connectivity index (χ1n) is 1.07. The largest absolute Gasteiger partial charge is 0.869 e. The van der Waals surface area contributed by atoms with E-state index in [0.29, 0.717) is 0 Å². The van der Waals surface area contributed by atoms with Crippen LogP contribution in [-0.2, 0) is 9.22 Å². The summed E-state index contributed by atoms with van der Waals surface area (Å²) < 4.78 is 3.26. The SMILES string of the molecule is O=C=[O+]C(=O)[OH2+]. The topological polar surface area (TPSA) is 68.3 Å². The number of carbonyl (C=O) groups excluding carboxylic acids is 3. The lowest BCUT2D eigenvalue weighted by atomic mass is 11.4. The Hall–Kier alpha value is -1.15. The molecule has 0 aromatic rings. The van der Waals surface area contributed by atoms with E-state index in [2.05, 4.69) is 4.42 Å². The van der Waals surface area contributed by atoms with Crippen molar-refractivity contribution in [3.05, 3.63) is 0 Å². The molecule has 0 aliphatic carbocycles. The van der Waals surface area contributed by atoms with Crippen molar-refractivity contribution in [2.75, 3.05) is 0 Å². The fourth-order valence-corrected chi connectivity index (χ4v) is 0.0378. The van der Waals surface area contributed by atoms with Crippen molar-refractivity contribution in [3.63, 3.8) is 0 Å². The maximum Gasteiger partial charge on any atom is 0.869 e. The summed E-state index contributed by atoms with van der Waals surface area (Å²) in [7, 11) is 0. The molecular weight excluding hydrogens is 88.0 g/mol. The highest BCUT2D eigenvalue weighted by Gasteiger charge is 2.09. The molecule has 0 rings (SSSR count). The molecule has 0 amide bonds. The zero-order chi connectivity index (χ0) is 4.99. The molecule has 0 spiro atoms. The predicted octanol–water partition coefficient (Wildman–Crippen LogP) is -1.20. The van der Waals surface area contributed by atoms with Crippen LogP contribution in [0.4, 0.5) is 4.79 Å². The minimum atomic E-state index is -1.38. The first kappa shape index (κ1) is 4.85. The fourth-order valence-electron chi connectivity index (χ4n) is 0.0378. The lowest BCUT2D eigenvalue weighted by Gasteiger charge is -1.44. The minimum absolute atomic E-state index is 0.780. The van der Waals surface area contributed by atoms with E-state index in [9.17, 15) is 4.79 Å². The van der Waals surface area contributed by atoms with Crippen LogP contribution in [0.1, 0.15) is 0 Å². The Morgan fingerprint density at radius 2 is 2.33 bits per heavy atom. The lowest BCUT2D eigenvalue weighted by Crippen LogP contribution is -1.87. The van der Waals surface area contributed by atoms with Gasteiger partial charge in [0.25, 0.3) is 0 Å². The van der Waals surface area contributed by atoms with Crippen LogP contribution in [-0.4, -0.2) is 17.4 Å². The smallest absolute Gasteiger partial charge is 0.507 e. The summed E-state index contributed by atoms with van der Waals surface area (Å²) in [6.07, 6.45) is -0.604. The summed E-state index contributed by atoms with van der Waals surface area (Å²) in [5.41, 5.74) is 0. The van der Waals surface area contributed by atoms with Crippen molar-refractivity contribution in [1.82, 2.24) is 0 Å². The van der Waals surface area contributed by atoms with Crippen LogP contribution in [0.2, 0.25) is 0 Å². The highest BCUT2D eigenvalue weighted by atomic mass is 16.6. The Morgan fingerprint density at radius 1 is 1.83 bits per heavy atom. The van der Waals surface area contributed by atoms with Gasteiger partial charge in [0.2, 0.25) is 0 Å². The van der Waals surface area contributed by atoms with Gasteiger partial charge in [0.1, 0.15) is 9.59 Å². The summed E-state index contributed by atoms with van der Waals surface area (Å²) in [5.74, 6) is 0. The first-order chi connectivity index (χ1) is 2.77.